The van der Waals surface area contributed by atoms with E-state index in [9.17, 15) is 4.79 Å². The van der Waals surface area contributed by atoms with Crippen LogP contribution in [-0.2, 0) is 7.05 Å². The van der Waals surface area contributed by atoms with Gasteiger partial charge in [0.1, 0.15) is 17.6 Å². The molecule has 0 saturated carbocycles. The highest BCUT2D eigenvalue weighted by atomic mass is 16.5. The van der Waals surface area contributed by atoms with Crippen LogP contribution in [0, 0.1) is 0 Å². The number of nitrogens with zero attached hydrogens (tertiary/aromatic N) is 2. The van der Waals surface area contributed by atoms with Crippen LogP contribution in [0.4, 0.5) is 0 Å². The summed E-state index contributed by atoms with van der Waals surface area (Å²) >= 11 is 0. The molecule has 0 aliphatic heterocycles. The monoisotopic (exact) mass is 371 g/mol. The second-order valence-corrected chi connectivity index (χ2v) is 6.60. The van der Waals surface area contributed by atoms with Crippen LogP contribution in [0.5, 0.6) is 5.75 Å². The van der Waals surface area contributed by atoms with Crippen LogP contribution in [-0.4, -0.2) is 22.6 Å². The number of amides is 1. The zero-order valence-corrected chi connectivity index (χ0v) is 15.8. The maximum atomic E-state index is 13.2. The average Bonchev–Trinajstić information content (AvgIpc) is 3.17. The standard InChI is InChI=1S/C23H21N3O2/c1-26-15-14-24-22(26)21(17-10-12-18(28-2)13-11-17)25-23(27)20-9-5-7-16-6-3-4-8-19(16)20/h3-15,21H,1-2H3,(H,25,27). The van der Waals surface area contributed by atoms with Crippen LogP contribution in [0.2, 0.25) is 0 Å². The lowest BCUT2D eigenvalue weighted by atomic mass is 10.0. The molecule has 0 saturated heterocycles. The van der Waals surface area contributed by atoms with Crippen molar-refractivity contribution in [1.29, 1.82) is 0 Å². The number of rotatable bonds is 5. The second-order valence-electron chi connectivity index (χ2n) is 6.60. The Bertz CT molecular complexity index is 1110. The third-order valence-corrected chi connectivity index (χ3v) is 4.88. The van der Waals surface area contributed by atoms with Crippen molar-refractivity contribution in [2.45, 2.75) is 6.04 Å². The zero-order chi connectivity index (χ0) is 19.5. The average molecular weight is 371 g/mol. The zero-order valence-electron chi connectivity index (χ0n) is 15.8. The molecule has 0 bridgehead atoms. The molecule has 1 N–H and O–H groups in total. The van der Waals surface area contributed by atoms with Crippen LogP contribution in [0.15, 0.2) is 79.1 Å². The number of imidazole rings is 1. The fraction of sp³-hybridized carbons (Fsp3) is 0.130. The van der Waals surface area contributed by atoms with Gasteiger partial charge < -0.3 is 14.6 Å². The number of hydrogen-bond donors (Lipinski definition) is 1. The molecule has 4 aromatic rings. The molecule has 1 heterocycles. The Morgan fingerprint density at radius 3 is 2.50 bits per heavy atom. The van der Waals surface area contributed by atoms with Crippen molar-refractivity contribution in [2.75, 3.05) is 7.11 Å². The third-order valence-electron chi connectivity index (χ3n) is 4.88. The van der Waals surface area contributed by atoms with Crippen molar-refractivity contribution in [3.05, 3.63) is 96.1 Å². The van der Waals surface area contributed by atoms with Gasteiger partial charge in [-0.05, 0) is 34.5 Å². The molecule has 28 heavy (non-hydrogen) atoms. The summed E-state index contributed by atoms with van der Waals surface area (Å²) in [4.78, 5) is 17.7. The lowest BCUT2D eigenvalue weighted by Gasteiger charge is -2.20. The number of benzene rings is 3. The van der Waals surface area contributed by atoms with Crippen LogP contribution in [0.1, 0.15) is 27.8 Å². The Morgan fingerprint density at radius 1 is 1.04 bits per heavy atom. The molecule has 1 aromatic heterocycles. The third kappa shape index (κ3) is 3.34. The summed E-state index contributed by atoms with van der Waals surface area (Å²) in [6.45, 7) is 0. The molecule has 3 aromatic carbocycles. The minimum absolute atomic E-state index is 0.138. The Balaban J connectivity index is 1.73. The number of aromatic nitrogens is 2. The smallest absolute Gasteiger partial charge is 0.252 e. The predicted molar refractivity (Wildman–Crippen MR) is 109 cm³/mol. The Labute approximate surface area is 163 Å². The summed E-state index contributed by atoms with van der Waals surface area (Å²) < 4.78 is 7.17. The van der Waals surface area contributed by atoms with Gasteiger partial charge in [-0.1, -0.05) is 48.5 Å². The van der Waals surface area contributed by atoms with E-state index in [-0.39, 0.29) is 11.9 Å². The number of fused-ring (bicyclic) bond motifs is 1. The highest BCUT2D eigenvalue weighted by Crippen LogP contribution is 2.25. The predicted octanol–water partition coefficient (Wildman–Crippen LogP) is 4.10. The molecule has 0 spiro atoms. The number of aryl methyl sites for hydroxylation is 1. The minimum Gasteiger partial charge on any atom is -0.497 e. The van der Waals surface area contributed by atoms with E-state index in [0.29, 0.717) is 5.56 Å². The molecular weight excluding hydrogens is 350 g/mol. The van der Waals surface area contributed by atoms with Crippen LogP contribution < -0.4 is 10.1 Å². The first kappa shape index (κ1) is 17.8. The number of ether oxygens (including phenoxy) is 1. The van der Waals surface area contributed by atoms with E-state index in [1.54, 1.807) is 13.3 Å². The first-order valence-corrected chi connectivity index (χ1v) is 9.07. The molecule has 5 heteroatoms. The summed E-state index contributed by atoms with van der Waals surface area (Å²) in [5.74, 6) is 1.39. The first-order chi connectivity index (χ1) is 13.7. The lowest BCUT2D eigenvalue weighted by Crippen LogP contribution is -2.31. The summed E-state index contributed by atoms with van der Waals surface area (Å²) in [6, 6.07) is 20.9. The first-order valence-electron chi connectivity index (χ1n) is 9.07. The fourth-order valence-electron chi connectivity index (χ4n) is 3.38. The molecule has 0 fully saturated rings. The number of nitrogens with one attached hydrogen (secondary N) is 1. The van der Waals surface area contributed by atoms with E-state index >= 15 is 0 Å². The van der Waals surface area contributed by atoms with Crippen LogP contribution in [0.25, 0.3) is 10.8 Å². The summed E-state index contributed by atoms with van der Waals surface area (Å²) in [6.07, 6.45) is 3.60. The highest BCUT2D eigenvalue weighted by Gasteiger charge is 2.22. The van der Waals surface area contributed by atoms with Gasteiger partial charge in [0, 0.05) is 25.0 Å². The van der Waals surface area contributed by atoms with E-state index in [1.807, 2.05) is 84.5 Å². The minimum atomic E-state index is -0.377. The quantitative estimate of drug-likeness (QED) is 0.575. The molecule has 5 nitrogen and oxygen atoms in total. The Hall–Kier alpha value is -3.60. The van der Waals surface area contributed by atoms with E-state index in [2.05, 4.69) is 10.3 Å². The Morgan fingerprint density at radius 2 is 1.79 bits per heavy atom. The number of hydrogen-bond acceptors (Lipinski definition) is 3. The molecule has 1 amide bonds. The van der Waals surface area contributed by atoms with E-state index < -0.39 is 0 Å². The van der Waals surface area contributed by atoms with Crippen molar-refractivity contribution in [1.82, 2.24) is 14.9 Å². The van der Waals surface area contributed by atoms with Gasteiger partial charge in [0.25, 0.3) is 5.91 Å². The number of carbonyl (C=O) groups is 1. The van der Waals surface area contributed by atoms with Crippen LogP contribution >= 0.6 is 0 Å². The van der Waals surface area contributed by atoms with Gasteiger partial charge in [-0.15, -0.1) is 0 Å². The highest BCUT2D eigenvalue weighted by molar-refractivity contribution is 6.07. The Kier molecular flexibility index (Phi) is 4.81. The molecule has 4 rings (SSSR count). The molecule has 1 atom stereocenters. The molecular formula is C23H21N3O2. The van der Waals surface area contributed by atoms with Gasteiger partial charge >= 0.3 is 0 Å². The SMILES string of the molecule is COc1ccc(C(NC(=O)c2cccc3ccccc23)c2nccn2C)cc1. The van der Waals surface area contributed by atoms with Crippen molar-refractivity contribution in [3.63, 3.8) is 0 Å². The van der Waals surface area contributed by atoms with E-state index in [1.165, 1.54) is 0 Å². The fourth-order valence-corrected chi connectivity index (χ4v) is 3.38. The van der Waals surface area contributed by atoms with Gasteiger partial charge in [0.2, 0.25) is 0 Å². The molecule has 1 unspecified atom stereocenters. The van der Waals surface area contributed by atoms with E-state index in [0.717, 1.165) is 27.9 Å². The van der Waals surface area contributed by atoms with Crippen molar-refractivity contribution < 1.29 is 9.53 Å². The topological polar surface area (TPSA) is 56.1 Å². The molecule has 0 aliphatic rings. The van der Waals surface area contributed by atoms with Crippen molar-refractivity contribution >= 4 is 16.7 Å². The van der Waals surface area contributed by atoms with Crippen LogP contribution in [0.3, 0.4) is 0 Å². The van der Waals surface area contributed by atoms with E-state index in [4.69, 9.17) is 4.74 Å². The second kappa shape index (κ2) is 7.56. The molecule has 0 radical (unpaired) electrons. The van der Waals surface area contributed by atoms with Gasteiger partial charge in [-0.2, -0.15) is 0 Å². The lowest BCUT2D eigenvalue weighted by molar-refractivity contribution is 0.0943. The maximum absolute atomic E-state index is 13.2. The van der Waals surface area contributed by atoms with Gasteiger partial charge in [0.05, 0.1) is 7.11 Å². The normalized spacial score (nSPS) is 11.9. The number of methoxy groups -OCH3 is 1. The molecule has 140 valence electrons. The van der Waals surface area contributed by atoms with Gasteiger partial charge in [0.15, 0.2) is 0 Å². The van der Waals surface area contributed by atoms with Crippen molar-refractivity contribution in [2.24, 2.45) is 7.05 Å². The van der Waals surface area contributed by atoms with Gasteiger partial charge in [-0.25, -0.2) is 4.98 Å². The summed E-state index contributed by atoms with van der Waals surface area (Å²) in [5.41, 5.74) is 1.58. The number of carbonyl (C=O) groups excluding carboxylic acids is 1. The summed E-state index contributed by atoms with van der Waals surface area (Å²) in [5, 5.41) is 5.12. The maximum Gasteiger partial charge on any atom is 0.252 e. The largest absolute Gasteiger partial charge is 0.497 e. The van der Waals surface area contributed by atoms with Gasteiger partial charge in [-0.3, -0.25) is 4.79 Å². The molecule has 0 aliphatic carbocycles. The van der Waals surface area contributed by atoms with Crippen molar-refractivity contribution in [3.8, 4) is 5.75 Å². The summed E-state index contributed by atoms with van der Waals surface area (Å²) in [7, 11) is 3.55.